The lowest BCUT2D eigenvalue weighted by Gasteiger charge is -2.26. The Hall–Kier alpha value is -1.95. The van der Waals surface area contributed by atoms with Gasteiger partial charge in [-0.2, -0.15) is 0 Å². The smallest absolute Gasteiger partial charge is 0.228 e. The highest BCUT2D eigenvalue weighted by atomic mass is 16.5. The number of aryl methyl sites for hydroxylation is 1. The summed E-state index contributed by atoms with van der Waals surface area (Å²) in [6, 6.07) is 6.04. The number of rotatable bonds is 3. The molecule has 0 bridgehead atoms. The topological polar surface area (TPSA) is 62.7 Å². The number of fused-ring (bicyclic) bond motifs is 1. The summed E-state index contributed by atoms with van der Waals surface area (Å²) in [7, 11) is 0. The van der Waals surface area contributed by atoms with Gasteiger partial charge in [-0.1, -0.05) is 6.07 Å². The standard InChI is InChI=1S/C18H23N3O3/c1-12-3-2-4-14(19-12)10-21-15-5-7-20(16(15)9-17(21)22)18(23)13-6-8-24-11-13/h2-4,13,15-16H,5-11H2,1H3/t13?,15-,16-/m0/s1. The van der Waals surface area contributed by atoms with Gasteiger partial charge in [-0.05, 0) is 31.9 Å². The van der Waals surface area contributed by atoms with E-state index in [0.29, 0.717) is 26.2 Å². The minimum Gasteiger partial charge on any atom is -0.381 e. The van der Waals surface area contributed by atoms with Gasteiger partial charge in [0.2, 0.25) is 11.8 Å². The summed E-state index contributed by atoms with van der Waals surface area (Å²) >= 11 is 0. The fourth-order valence-electron chi connectivity index (χ4n) is 4.23. The molecule has 0 saturated carbocycles. The minimum atomic E-state index is -0.0219. The monoisotopic (exact) mass is 329 g/mol. The number of hydrogen-bond acceptors (Lipinski definition) is 4. The predicted octanol–water partition coefficient (Wildman–Crippen LogP) is 1.13. The molecule has 0 spiro atoms. The zero-order valence-electron chi connectivity index (χ0n) is 14.0. The number of amides is 2. The molecule has 3 aliphatic rings. The molecule has 0 aliphatic carbocycles. The van der Waals surface area contributed by atoms with E-state index in [1.54, 1.807) is 0 Å². The lowest BCUT2D eigenvalue weighted by atomic mass is 10.1. The lowest BCUT2D eigenvalue weighted by molar-refractivity contribution is -0.136. The molecule has 0 N–H and O–H groups in total. The van der Waals surface area contributed by atoms with Crippen LogP contribution in [0.4, 0.5) is 0 Å². The third kappa shape index (κ3) is 2.69. The fourth-order valence-corrected chi connectivity index (χ4v) is 4.23. The van der Waals surface area contributed by atoms with E-state index < -0.39 is 0 Å². The Labute approximate surface area is 141 Å². The van der Waals surface area contributed by atoms with E-state index >= 15 is 0 Å². The molecular formula is C18H23N3O3. The molecule has 6 nitrogen and oxygen atoms in total. The molecule has 3 aliphatic heterocycles. The molecule has 1 aromatic heterocycles. The molecule has 1 aromatic rings. The average Bonchev–Trinajstić information content (AvgIpc) is 3.26. The number of ether oxygens (including phenoxy) is 1. The molecule has 4 heterocycles. The van der Waals surface area contributed by atoms with E-state index in [9.17, 15) is 9.59 Å². The van der Waals surface area contributed by atoms with Crippen LogP contribution in [0.3, 0.4) is 0 Å². The number of pyridine rings is 1. The van der Waals surface area contributed by atoms with Gasteiger partial charge < -0.3 is 14.5 Å². The van der Waals surface area contributed by atoms with Crippen LogP contribution in [-0.4, -0.2) is 58.4 Å². The summed E-state index contributed by atoms with van der Waals surface area (Å²) in [5.74, 6) is 0.281. The van der Waals surface area contributed by atoms with Crippen LogP contribution in [0.15, 0.2) is 18.2 Å². The zero-order valence-corrected chi connectivity index (χ0v) is 14.0. The number of hydrogen-bond donors (Lipinski definition) is 0. The SMILES string of the molecule is Cc1cccc(CN2C(=O)C[C@H]3[C@@H]2CCN3C(=O)C2CCOC2)n1. The number of nitrogens with zero attached hydrogens (tertiary/aromatic N) is 3. The van der Waals surface area contributed by atoms with Crippen molar-refractivity contribution in [1.82, 2.24) is 14.8 Å². The maximum absolute atomic E-state index is 12.7. The van der Waals surface area contributed by atoms with Crippen LogP contribution in [0.2, 0.25) is 0 Å². The van der Waals surface area contributed by atoms with E-state index in [-0.39, 0.29) is 29.8 Å². The Morgan fingerprint density at radius 2 is 2.21 bits per heavy atom. The van der Waals surface area contributed by atoms with Crippen molar-refractivity contribution in [3.63, 3.8) is 0 Å². The van der Waals surface area contributed by atoms with Crippen molar-refractivity contribution >= 4 is 11.8 Å². The van der Waals surface area contributed by atoms with Gasteiger partial charge >= 0.3 is 0 Å². The van der Waals surface area contributed by atoms with Gasteiger partial charge in [0, 0.05) is 25.3 Å². The van der Waals surface area contributed by atoms with Crippen LogP contribution < -0.4 is 0 Å². The Morgan fingerprint density at radius 1 is 1.33 bits per heavy atom. The zero-order chi connectivity index (χ0) is 16.7. The van der Waals surface area contributed by atoms with Crippen LogP contribution in [0, 0.1) is 12.8 Å². The molecule has 24 heavy (non-hydrogen) atoms. The van der Waals surface area contributed by atoms with Crippen molar-refractivity contribution in [3.8, 4) is 0 Å². The van der Waals surface area contributed by atoms with Crippen LogP contribution in [0.25, 0.3) is 0 Å². The van der Waals surface area contributed by atoms with Gasteiger partial charge in [0.1, 0.15) is 0 Å². The molecular weight excluding hydrogens is 306 g/mol. The van der Waals surface area contributed by atoms with E-state index in [1.807, 2.05) is 34.9 Å². The van der Waals surface area contributed by atoms with E-state index in [4.69, 9.17) is 4.74 Å². The van der Waals surface area contributed by atoms with Crippen LogP contribution in [-0.2, 0) is 20.9 Å². The molecule has 0 aromatic carbocycles. The summed E-state index contributed by atoms with van der Waals surface area (Å²) in [6.07, 6.45) is 2.11. The van der Waals surface area contributed by atoms with Crippen LogP contribution in [0.1, 0.15) is 30.7 Å². The van der Waals surface area contributed by atoms with E-state index in [1.165, 1.54) is 0 Å². The van der Waals surface area contributed by atoms with E-state index in [2.05, 4.69) is 4.98 Å². The fraction of sp³-hybridized carbons (Fsp3) is 0.611. The van der Waals surface area contributed by atoms with Crippen molar-refractivity contribution in [3.05, 3.63) is 29.6 Å². The highest BCUT2D eigenvalue weighted by Gasteiger charge is 2.49. The molecule has 3 saturated heterocycles. The Bertz CT molecular complexity index is 657. The highest BCUT2D eigenvalue weighted by Crippen LogP contribution is 2.35. The average molecular weight is 329 g/mol. The lowest BCUT2D eigenvalue weighted by Crippen LogP contribution is -2.42. The summed E-state index contributed by atoms with van der Waals surface area (Å²) in [5, 5.41) is 0. The van der Waals surface area contributed by atoms with Crippen molar-refractivity contribution in [1.29, 1.82) is 0 Å². The Balaban J connectivity index is 1.48. The predicted molar refractivity (Wildman–Crippen MR) is 87.0 cm³/mol. The number of carbonyl (C=O) groups is 2. The van der Waals surface area contributed by atoms with Gasteiger partial charge in [-0.3, -0.25) is 14.6 Å². The quantitative estimate of drug-likeness (QED) is 0.834. The van der Waals surface area contributed by atoms with Gasteiger partial charge in [0.05, 0.1) is 36.8 Å². The molecule has 3 fully saturated rings. The molecule has 0 radical (unpaired) electrons. The first-order chi connectivity index (χ1) is 11.6. The van der Waals surface area contributed by atoms with Crippen molar-refractivity contribution < 1.29 is 14.3 Å². The second kappa shape index (κ2) is 6.16. The van der Waals surface area contributed by atoms with Gasteiger partial charge in [-0.25, -0.2) is 0 Å². The first-order valence-electron chi connectivity index (χ1n) is 8.74. The molecule has 4 rings (SSSR count). The number of aromatic nitrogens is 1. The summed E-state index contributed by atoms with van der Waals surface area (Å²) in [5.41, 5.74) is 1.87. The first-order valence-corrected chi connectivity index (χ1v) is 8.74. The Morgan fingerprint density at radius 3 is 2.96 bits per heavy atom. The molecule has 1 unspecified atom stereocenters. The summed E-state index contributed by atoms with van der Waals surface area (Å²) < 4.78 is 5.35. The molecule has 2 amide bonds. The maximum atomic E-state index is 12.7. The number of carbonyl (C=O) groups excluding carboxylic acids is 2. The third-order valence-electron chi connectivity index (χ3n) is 5.46. The third-order valence-corrected chi connectivity index (χ3v) is 5.46. The minimum absolute atomic E-state index is 0.0219. The first kappa shape index (κ1) is 15.6. The number of likely N-dealkylation sites (tertiary alicyclic amines) is 2. The second-order valence-electron chi connectivity index (χ2n) is 7.01. The largest absolute Gasteiger partial charge is 0.381 e. The van der Waals surface area contributed by atoms with Crippen molar-refractivity contribution in [2.45, 2.75) is 44.8 Å². The van der Waals surface area contributed by atoms with Crippen LogP contribution >= 0.6 is 0 Å². The van der Waals surface area contributed by atoms with Crippen molar-refractivity contribution in [2.75, 3.05) is 19.8 Å². The van der Waals surface area contributed by atoms with Crippen LogP contribution in [0.5, 0.6) is 0 Å². The maximum Gasteiger partial charge on any atom is 0.228 e. The van der Waals surface area contributed by atoms with Gasteiger partial charge in [0.15, 0.2) is 0 Å². The molecule has 3 atom stereocenters. The Kier molecular flexibility index (Phi) is 4.00. The normalized spacial score (nSPS) is 29.4. The highest BCUT2D eigenvalue weighted by molar-refractivity contribution is 5.84. The van der Waals surface area contributed by atoms with Gasteiger partial charge in [-0.15, -0.1) is 0 Å². The van der Waals surface area contributed by atoms with Gasteiger partial charge in [0.25, 0.3) is 0 Å². The second-order valence-corrected chi connectivity index (χ2v) is 7.01. The summed E-state index contributed by atoms with van der Waals surface area (Å²) in [4.78, 5) is 33.6. The van der Waals surface area contributed by atoms with Crippen molar-refractivity contribution in [2.24, 2.45) is 5.92 Å². The molecule has 128 valence electrons. The van der Waals surface area contributed by atoms with E-state index in [0.717, 1.165) is 30.8 Å². The molecule has 6 heteroatoms. The summed E-state index contributed by atoms with van der Waals surface area (Å²) in [6.45, 7) is 4.43.